The average molecular weight is 570 g/mol. The van der Waals surface area contributed by atoms with Crippen LogP contribution >= 0.6 is 0 Å². The SMILES string of the molecule is CN1CCN(C(C(=O)Nc2ccc3ccccc3c2)c2ccc(C(=O)Nc3cc(-c4ccccc4)ccc3N)cc2)CC1. The van der Waals surface area contributed by atoms with E-state index in [0.29, 0.717) is 16.9 Å². The molecule has 1 fully saturated rings. The first-order chi connectivity index (χ1) is 20.9. The number of nitrogen functional groups attached to an aromatic ring is 1. The number of rotatable bonds is 7. The van der Waals surface area contributed by atoms with E-state index in [-0.39, 0.29) is 11.8 Å². The number of fused-ring (bicyclic) bond motifs is 1. The predicted octanol–water partition coefficient (Wildman–Crippen LogP) is 6.27. The number of carbonyl (C=O) groups excluding carboxylic acids is 2. The molecule has 1 saturated heterocycles. The molecule has 5 aromatic rings. The third-order valence-electron chi connectivity index (χ3n) is 8.07. The van der Waals surface area contributed by atoms with Gasteiger partial charge in [0, 0.05) is 37.4 Å². The molecule has 4 N–H and O–H groups in total. The van der Waals surface area contributed by atoms with Crippen molar-refractivity contribution in [1.29, 1.82) is 0 Å². The van der Waals surface area contributed by atoms with E-state index in [1.54, 1.807) is 18.2 Å². The largest absolute Gasteiger partial charge is 0.397 e. The van der Waals surface area contributed by atoms with E-state index in [1.165, 1.54) is 0 Å². The second-order valence-corrected chi connectivity index (χ2v) is 11.0. The summed E-state index contributed by atoms with van der Waals surface area (Å²) in [5, 5.41) is 8.31. The zero-order chi connectivity index (χ0) is 29.8. The number of likely N-dealkylation sites (N-methyl/N-ethyl adjacent to an activating group) is 1. The third kappa shape index (κ3) is 6.43. The Morgan fingerprint density at radius 3 is 2.14 bits per heavy atom. The number of amides is 2. The first-order valence-electron chi connectivity index (χ1n) is 14.5. The highest BCUT2D eigenvalue weighted by molar-refractivity contribution is 6.06. The monoisotopic (exact) mass is 569 g/mol. The summed E-state index contributed by atoms with van der Waals surface area (Å²) in [6.07, 6.45) is 0. The number of carbonyl (C=O) groups is 2. The maximum atomic E-state index is 13.8. The molecule has 6 rings (SSSR count). The lowest BCUT2D eigenvalue weighted by Crippen LogP contribution is -2.48. The standard InChI is InChI=1S/C36H35N5O2/c1-40-19-21-41(22-20-40)34(36(43)38-31-17-15-26-9-5-6-10-29(26)23-31)27-11-13-28(14-12-27)35(42)39-33-24-30(16-18-32(33)37)25-7-3-2-4-8-25/h2-18,23-24,34H,19-22,37H2,1H3,(H,38,43)(H,39,42). The molecule has 0 saturated carbocycles. The average Bonchev–Trinajstić information content (AvgIpc) is 3.04. The summed E-state index contributed by atoms with van der Waals surface area (Å²) >= 11 is 0. The van der Waals surface area contributed by atoms with Gasteiger partial charge in [0.2, 0.25) is 5.91 Å². The van der Waals surface area contributed by atoms with Crippen molar-refractivity contribution in [3.05, 3.63) is 126 Å². The fourth-order valence-corrected chi connectivity index (χ4v) is 5.57. The summed E-state index contributed by atoms with van der Waals surface area (Å²) in [6.45, 7) is 3.30. The molecule has 216 valence electrons. The molecule has 0 radical (unpaired) electrons. The van der Waals surface area contributed by atoms with Crippen LogP contribution in [0.5, 0.6) is 0 Å². The van der Waals surface area contributed by atoms with Crippen LogP contribution in [0.3, 0.4) is 0 Å². The van der Waals surface area contributed by atoms with Gasteiger partial charge in [-0.25, -0.2) is 0 Å². The Bertz CT molecular complexity index is 1750. The van der Waals surface area contributed by atoms with Crippen LogP contribution < -0.4 is 16.4 Å². The molecule has 1 unspecified atom stereocenters. The quantitative estimate of drug-likeness (QED) is 0.201. The molecule has 7 heteroatoms. The summed E-state index contributed by atoms with van der Waals surface area (Å²) in [7, 11) is 2.09. The number of piperazine rings is 1. The van der Waals surface area contributed by atoms with E-state index < -0.39 is 6.04 Å². The molecule has 43 heavy (non-hydrogen) atoms. The van der Waals surface area contributed by atoms with Gasteiger partial charge < -0.3 is 21.3 Å². The Kier molecular flexibility index (Phi) is 8.18. The smallest absolute Gasteiger partial charge is 0.255 e. The van der Waals surface area contributed by atoms with Crippen LogP contribution in [0.4, 0.5) is 17.1 Å². The topological polar surface area (TPSA) is 90.7 Å². The van der Waals surface area contributed by atoms with Gasteiger partial charge in [-0.1, -0.05) is 78.9 Å². The second-order valence-electron chi connectivity index (χ2n) is 11.0. The zero-order valence-corrected chi connectivity index (χ0v) is 24.2. The third-order valence-corrected chi connectivity index (χ3v) is 8.07. The van der Waals surface area contributed by atoms with Crippen LogP contribution in [0.2, 0.25) is 0 Å². The van der Waals surface area contributed by atoms with Crippen molar-refractivity contribution in [2.75, 3.05) is 49.6 Å². The van der Waals surface area contributed by atoms with Crippen molar-refractivity contribution in [3.63, 3.8) is 0 Å². The van der Waals surface area contributed by atoms with Crippen LogP contribution in [-0.4, -0.2) is 54.8 Å². The molecule has 0 aliphatic carbocycles. The first-order valence-corrected chi connectivity index (χ1v) is 14.5. The molecular formula is C36H35N5O2. The number of hydrogen-bond donors (Lipinski definition) is 3. The van der Waals surface area contributed by atoms with Gasteiger partial charge in [0.05, 0.1) is 11.4 Å². The minimum Gasteiger partial charge on any atom is -0.397 e. The molecule has 2 amide bonds. The number of nitrogens with one attached hydrogen (secondary N) is 2. The predicted molar refractivity (Wildman–Crippen MR) is 175 cm³/mol. The van der Waals surface area contributed by atoms with Gasteiger partial charge in [-0.2, -0.15) is 0 Å². The van der Waals surface area contributed by atoms with Gasteiger partial charge in [0.25, 0.3) is 5.91 Å². The van der Waals surface area contributed by atoms with Crippen molar-refractivity contribution in [1.82, 2.24) is 9.80 Å². The van der Waals surface area contributed by atoms with Crippen molar-refractivity contribution >= 4 is 39.6 Å². The van der Waals surface area contributed by atoms with Gasteiger partial charge in [0.15, 0.2) is 0 Å². The molecule has 0 aromatic heterocycles. The second kappa shape index (κ2) is 12.5. The Labute approximate surface area is 251 Å². The lowest BCUT2D eigenvalue weighted by Gasteiger charge is -2.37. The van der Waals surface area contributed by atoms with Crippen LogP contribution in [-0.2, 0) is 4.79 Å². The van der Waals surface area contributed by atoms with E-state index in [1.807, 2.05) is 91.0 Å². The lowest BCUT2D eigenvalue weighted by molar-refractivity contribution is -0.122. The van der Waals surface area contributed by atoms with Gasteiger partial charge in [0.1, 0.15) is 6.04 Å². The molecule has 0 spiro atoms. The molecule has 1 aliphatic heterocycles. The number of benzene rings is 5. The molecule has 7 nitrogen and oxygen atoms in total. The van der Waals surface area contributed by atoms with Gasteiger partial charge >= 0.3 is 0 Å². The fourth-order valence-electron chi connectivity index (χ4n) is 5.57. The fraction of sp³-hybridized carbons (Fsp3) is 0.167. The number of hydrogen-bond acceptors (Lipinski definition) is 5. The van der Waals surface area contributed by atoms with Crippen molar-refractivity contribution < 1.29 is 9.59 Å². The Morgan fingerprint density at radius 2 is 1.40 bits per heavy atom. The molecule has 0 bridgehead atoms. The summed E-state index contributed by atoms with van der Waals surface area (Å²) in [5.74, 6) is -0.359. The molecule has 1 aliphatic rings. The van der Waals surface area contributed by atoms with Crippen LogP contribution in [0, 0.1) is 0 Å². The maximum Gasteiger partial charge on any atom is 0.255 e. The van der Waals surface area contributed by atoms with Gasteiger partial charge in [-0.3, -0.25) is 14.5 Å². The van der Waals surface area contributed by atoms with E-state index in [9.17, 15) is 9.59 Å². The van der Waals surface area contributed by atoms with Crippen LogP contribution in [0.25, 0.3) is 21.9 Å². The minimum atomic E-state index is -0.490. The number of nitrogens with zero attached hydrogens (tertiary/aromatic N) is 2. The highest BCUT2D eigenvalue weighted by Gasteiger charge is 2.30. The highest BCUT2D eigenvalue weighted by atomic mass is 16.2. The minimum absolute atomic E-state index is 0.0949. The summed E-state index contributed by atoms with van der Waals surface area (Å²) in [5.41, 5.74) is 11.3. The Balaban J connectivity index is 1.22. The number of nitrogens with two attached hydrogens (primary N) is 1. The molecule has 1 atom stereocenters. The van der Waals surface area contributed by atoms with E-state index in [4.69, 9.17) is 5.73 Å². The van der Waals surface area contributed by atoms with E-state index >= 15 is 0 Å². The van der Waals surface area contributed by atoms with Gasteiger partial charge in [-0.15, -0.1) is 0 Å². The summed E-state index contributed by atoms with van der Waals surface area (Å²) in [4.78, 5) is 31.5. The van der Waals surface area contributed by atoms with E-state index in [0.717, 1.165) is 59.3 Å². The van der Waals surface area contributed by atoms with Gasteiger partial charge in [-0.05, 0) is 70.9 Å². The van der Waals surface area contributed by atoms with Crippen LogP contribution in [0.15, 0.2) is 115 Å². The molecular weight excluding hydrogens is 534 g/mol. The van der Waals surface area contributed by atoms with E-state index in [2.05, 4.69) is 33.5 Å². The summed E-state index contributed by atoms with van der Waals surface area (Å²) < 4.78 is 0. The highest BCUT2D eigenvalue weighted by Crippen LogP contribution is 2.29. The number of anilines is 3. The molecule has 5 aromatic carbocycles. The lowest BCUT2D eigenvalue weighted by atomic mass is 10.0. The first kappa shape index (κ1) is 28.2. The van der Waals surface area contributed by atoms with Crippen molar-refractivity contribution in [2.24, 2.45) is 0 Å². The summed E-state index contributed by atoms with van der Waals surface area (Å²) in [6, 6.07) is 36.4. The Hall–Kier alpha value is -4.98. The normalized spacial score (nSPS) is 14.7. The molecule has 1 heterocycles. The maximum absolute atomic E-state index is 13.8. The van der Waals surface area contributed by atoms with Crippen molar-refractivity contribution in [3.8, 4) is 11.1 Å². The zero-order valence-electron chi connectivity index (χ0n) is 24.2. The Morgan fingerprint density at radius 1 is 0.698 bits per heavy atom. The van der Waals surface area contributed by atoms with Crippen molar-refractivity contribution in [2.45, 2.75) is 6.04 Å². The van der Waals surface area contributed by atoms with Crippen LogP contribution in [0.1, 0.15) is 22.0 Å².